The number of methoxy groups -OCH3 is 1. The lowest BCUT2D eigenvalue weighted by Gasteiger charge is -2.32. The first-order valence-corrected chi connectivity index (χ1v) is 7.67. The largest absolute Gasteiger partial charge is 0.497 e. The molecule has 0 aliphatic carbocycles. The highest BCUT2D eigenvalue weighted by atomic mass is 19.4. The molecule has 2 aromatic carbocycles. The fraction of sp³-hybridized carbons (Fsp3) is 0.222. The highest BCUT2D eigenvalue weighted by Gasteiger charge is 2.63. The van der Waals surface area contributed by atoms with Gasteiger partial charge in [-0.15, -0.1) is 0 Å². The molecule has 2 aromatic rings. The number of carbonyl (C=O) groups excluding carboxylic acids is 1. The summed E-state index contributed by atoms with van der Waals surface area (Å²) in [6.45, 7) is 0. The minimum atomic E-state index is -5.08. The topological polar surface area (TPSA) is 62.1 Å². The number of ether oxygens (including phenoxy) is 1. The summed E-state index contributed by atoms with van der Waals surface area (Å²) in [7, 11) is 1.42. The molecule has 26 heavy (non-hydrogen) atoms. The molecule has 0 bridgehead atoms. The highest BCUT2D eigenvalue weighted by molar-refractivity contribution is 6.05. The maximum atomic E-state index is 13.6. The molecule has 0 saturated carbocycles. The molecule has 0 aromatic heterocycles. The molecule has 0 unspecified atom stereocenters. The van der Waals surface area contributed by atoms with Gasteiger partial charge in [0.2, 0.25) is 0 Å². The van der Waals surface area contributed by atoms with Crippen molar-refractivity contribution >= 4 is 11.6 Å². The quantitative estimate of drug-likeness (QED) is 0.910. The van der Waals surface area contributed by atoms with Crippen LogP contribution in [0.15, 0.2) is 59.7 Å². The van der Waals surface area contributed by atoms with E-state index in [2.05, 4.69) is 5.10 Å². The molecule has 1 amide bonds. The standard InChI is InChI=1S/C18H15F3N2O3/c1-26-14-9-5-8-13(10-14)15-11-17(25,18(19,20)21)23(22-15)16(24)12-6-3-2-4-7-12/h2-10,25H,11H2,1H3/t17-/m0/s1. The van der Waals surface area contributed by atoms with Crippen molar-refractivity contribution in [2.45, 2.75) is 18.3 Å². The SMILES string of the molecule is COc1cccc(C2=NN(C(=O)c3ccccc3)[C@@](O)(C(F)(F)F)C2)c1. The van der Waals surface area contributed by atoms with E-state index in [1.807, 2.05) is 0 Å². The van der Waals surface area contributed by atoms with Crippen LogP contribution in [0.2, 0.25) is 0 Å². The third-order valence-corrected chi connectivity index (χ3v) is 4.06. The van der Waals surface area contributed by atoms with Gasteiger partial charge >= 0.3 is 6.18 Å². The van der Waals surface area contributed by atoms with Gasteiger partial charge in [-0.2, -0.15) is 23.3 Å². The Balaban J connectivity index is 2.05. The number of hydrogen-bond acceptors (Lipinski definition) is 4. The monoisotopic (exact) mass is 364 g/mol. The van der Waals surface area contributed by atoms with Crippen molar-refractivity contribution in [2.24, 2.45) is 5.10 Å². The second kappa shape index (κ2) is 6.45. The maximum absolute atomic E-state index is 13.6. The summed E-state index contributed by atoms with van der Waals surface area (Å²) in [6, 6.07) is 13.6. The molecule has 0 radical (unpaired) electrons. The minimum Gasteiger partial charge on any atom is -0.497 e. The molecule has 8 heteroatoms. The van der Waals surface area contributed by atoms with Crippen molar-refractivity contribution in [3.63, 3.8) is 0 Å². The van der Waals surface area contributed by atoms with Gasteiger partial charge in [-0.3, -0.25) is 4.79 Å². The van der Waals surface area contributed by atoms with Crippen LogP contribution in [0.5, 0.6) is 5.75 Å². The first-order valence-electron chi connectivity index (χ1n) is 7.67. The van der Waals surface area contributed by atoms with E-state index < -0.39 is 24.2 Å². The van der Waals surface area contributed by atoms with Crippen molar-refractivity contribution in [2.75, 3.05) is 7.11 Å². The van der Waals surface area contributed by atoms with Gasteiger partial charge in [0.15, 0.2) is 0 Å². The maximum Gasteiger partial charge on any atom is 0.438 e. The smallest absolute Gasteiger partial charge is 0.438 e. The van der Waals surface area contributed by atoms with E-state index >= 15 is 0 Å². The molecule has 5 nitrogen and oxygen atoms in total. The van der Waals surface area contributed by atoms with Gasteiger partial charge in [-0.25, -0.2) is 0 Å². The lowest BCUT2D eigenvalue weighted by molar-refractivity contribution is -0.297. The number of halogens is 3. The molecule has 0 saturated heterocycles. The molecule has 0 spiro atoms. The zero-order chi connectivity index (χ0) is 18.9. The van der Waals surface area contributed by atoms with Crippen molar-refractivity contribution < 1.29 is 27.8 Å². The lowest BCUT2D eigenvalue weighted by Crippen LogP contribution is -2.56. The average molecular weight is 364 g/mol. The Labute approximate surface area is 147 Å². The minimum absolute atomic E-state index is 0.00850. The van der Waals surface area contributed by atoms with Crippen LogP contribution in [0.25, 0.3) is 0 Å². The Morgan fingerprint density at radius 2 is 1.88 bits per heavy atom. The van der Waals surface area contributed by atoms with Gasteiger partial charge in [-0.1, -0.05) is 30.3 Å². The highest BCUT2D eigenvalue weighted by Crippen LogP contribution is 2.42. The van der Waals surface area contributed by atoms with Crippen LogP contribution >= 0.6 is 0 Å². The predicted molar refractivity (Wildman–Crippen MR) is 87.8 cm³/mol. The fourth-order valence-electron chi connectivity index (χ4n) is 2.65. The summed E-state index contributed by atoms with van der Waals surface area (Å²) < 4.78 is 45.7. The second-order valence-corrected chi connectivity index (χ2v) is 5.75. The Hall–Kier alpha value is -2.87. The molecule has 1 N–H and O–H groups in total. The van der Waals surface area contributed by atoms with Crippen LogP contribution in [-0.2, 0) is 0 Å². The Morgan fingerprint density at radius 1 is 1.19 bits per heavy atom. The van der Waals surface area contributed by atoms with E-state index in [0.717, 1.165) is 0 Å². The zero-order valence-electron chi connectivity index (χ0n) is 13.7. The number of benzene rings is 2. The van der Waals surface area contributed by atoms with E-state index in [0.29, 0.717) is 11.3 Å². The summed E-state index contributed by atoms with van der Waals surface area (Å²) >= 11 is 0. The Kier molecular flexibility index (Phi) is 4.45. The Morgan fingerprint density at radius 3 is 2.50 bits per heavy atom. The van der Waals surface area contributed by atoms with E-state index in [4.69, 9.17) is 4.74 Å². The summed E-state index contributed by atoms with van der Waals surface area (Å²) in [5, 5.41) is 14.2. The van der Waals surface area contributed by atoms with E-state index in [1.54, 1.807) is 18.2 Å². The van der Waals surface area contributed by atoms with Crippen LogP contribution < -0.4 is 4.74 Å². The van der Waals surface area contributed by atoms with Crippen molar-refractivity contribution in [1.82, 2.24) is 5.01 Å². The molecule has 136 valence electrons. The predicted octanol–water partition coefficient (Wildman–Crippen LogP) is 3.20. The van der Waals surface area contributed by atoms with Crippen LogP contribution in [0.3, 0.4) is 0 Å². The molecule has 1 heterocycles. The molecule has 1 aliphatic heterocycles. The normalized spacial score (nSPS) is 20.0. The first kappa shape index (κ1) is 17.9. The van der Waals surface area contributed by atoms with E-state index in [-0.39, 0.29) is 16.3 Å². The molecular formula is C18H15F3N2O3. The molecular weight excluding hydrogens is 349 g/mol. The number of hydrogen-bond donors (Lipinski definition) is 1. The van der Waals surface area contributed by atoms with Crippen LogP contribution in [0.4, 0.5) is 13.2 Å². The molecule has 0 fully saturated rings. The van der Waals surface area contributed by atoms with Crippen LogP contribution in [0, 0.1) is 0 Å². The first-order chi connectivity index (χ1) is 12.3. The fourth-order valence-corrected chi connectivity index (χ4v) is 2.65. The number of aliphatic hydroxyl groups is 1. The third-order valence-electron chi connectivity index (χ3n) is 4.06. The van der Waals surface area contributed by atoms with Crippen LogP contribution in [-0.4, -0.2) is 40.7 Å². The van der Waals surface area contributed by atoms with Crippen LogP contribution in [0.1, 0.15) is 22.3 Å². The van der Waals surface area contributed by atoms with E-state index in [1.165, 1.54) is 43.5 Å². The zero-order valence-corrected chi connectivity index (χ0v) is 13.7. The number of amides is 1. The summed E-state index contributed by atoms with van der Waals surface area (Å²) in [6.07, 6.45) is -5.95. The number of alkyl halides is 3. The number of hydrazone groups is 1. The van der Waals surface area contributed by atoms with Gasteiger partial charge in [0.1, 0.15) is 5.75 Å². The van der Waals surface area contributed by atoms with Gasteiger partial charge in [0.25, 0.3) is 11.6 Å². The number of carbonyl (C=O) groups is 1. The van der Waals surface area contributed by atoms with Gasteiger partial charge in [0, 0.05) is 11.1 Å². The number of nitrogens with zero attached hydrogens (tertiary/aromatic N) is 2. The van der Waals surface area contributed by atoms with Gasteiger partial charge in [-0.05, 0) is 24.3 Å². The average Bonchev–Trinajstić information content (AvgIpc) is 3.01. The number of rotatable bonds is 3. The van der Waals surface area contributed by atoms with Crippen molar-refractivity contribution in [1.29, 1.82) is 0 Å². The third kappa shape index (κ3) is 3.03. The molecule has 1 aliphatic rings. The van der Waals surface area contributed by atoms with Crippen molar-refractivity contribution in [3.8, 4) is 5.75 Å². The van der Waals surface area contributed by atoms with E-state index in [9.17, 15) is 23.1 Å². The van der Waals surface area contributed by atoms with Gasteiger partial charge < -0.3 is 9.84 Å². The molecule has 3 rings (SSSR count). The van der Waals surface area contributed by atoms with Crippen molar-refractivity contribution in [3.05, 3.63) is 65.7 Å². The summed E-state index contributed by atoms with van der Waals surface area (Å²) in [4.78, 5) is 12.5. The van der Waals surface area contributed by atoms with Gasteiger partial charge in [0.05, 0.1) is 19.2 Å². The summed E-state index contributed by atoms with van der Waals surface area (Å²) in [5.74, 6) is -0.614. The molecule has 1 atom stereocenters. The lowest BCUT2D eigenvalue weighted by atomic mass is 10.0. The second-order valence-electron chi connectivity index (χ2n) is 5.75. The Bertz CT molecular complexity index is 852. The summed E-state index contributed by atoms with van der Waals surface area (Å²) in [5.41, 5.74) is -3.16.